The Labute approximate surface area is 245 Å². The van der Waals surface area contributed by atoms with Gasteiger partial charge in [-0.1, -0.05) is 65.5 Å². The van der Waals surface area contributed by atoms with Crippen LogP contribution in [0.5, 0.6) is 0 Å². The first-order valence-corrected chi connectivity index (χ1v) is 16.9. The fraction of sp³-hybridized carbons (Fsp3) is 0.943. The first kappa shape index (κ1) is 32.5. The molecule has 4 aliphatic carbocycles. The van der Waals surface area contributed by atoms with E-state index in [0.29, 0.717) is 56.4 Å². The molecule has 0 bridgehead atoms. The molecule has 0 heterocycles. The van der Waals surface area contributed by atoms with E-state index in [-0.39, 0.29) is 6.61 Å². The predicted molar refractivity (Wildman–Crippen MR) is 162 cm³/mol. The van der Waals surface area contributed by atoms with Gasteiger partial charge < -0.3 is 24.4 Å². The molecule has 3 fully saturated rings. The van der Waals surface area contributed by atoms with Crippen LogP contribution in [0.15, 0.2) is 11.6 Å². The van der Waals surface area contributed by atoms with Crippen LogP contribution in [0.1, 0.15) is 105 Å². The highest BCUT2D eigenvalue weighted by atomic mass is 16.5. The van der Waals surface area contributed by atoms with E-state index in [9.17, 15) is 5.11 Å². The number of hydrogen-bond donors (Lipinski definition) is 2. The Morgan fingerprint density at radius 3 is 2.33 bits per heavy atom. The summed E-state index contributed by atoms with van der Waals surface area (Å²) in [6.07, 6.45) is 16.8. The zero-order valence-corrected chi connectivity index (χ0v) is 26.5. The Morgan fingerprint density at radius 1 is 0.875 bits per heavy atom. The molecule has 3 saturated carbocycles. The Morgan fingerprint density at radius 2 is 1.60 bits per heavy atom. The molecule has 2 N–H and O–H groups in total. The fourth-order valence-electron chi connectivity index (χ4n) is 9.89. The lowest BCUT2D eigenvalue weighted by atomic mass is 9.46. The molecular formula is C35H62O5. The molecule has 5 unspecified atom stereocenters. The standard InChI is InChI=1S/C35H62O5/c1-25(2)7-6-8-26(3)30-11-12-31-29-10-9-28-23-27(13-15-34(28,4)32(29)14-16-35(30,31)5)33(37)24-40-22-21-39-20-19-38-18-17-36/h9,25-27,29-33,36-37H,6-8,10-24H2,1-5H3/t26-,27?,29?,30-,31?,32?,33?,34+,35-/m1/s1. The summed E-state index contributed by atoms with van der Waals surface area (Å²) in [6, 6.07) is 0. The predicted octanol–water partition coefficient (Wildman–Crippen LogP) is 7.05. The van der Waals surface area contributed by atoms with Gasteiger partial charge in [0.05, 0.1) is 52.4 Å². The lowest BCUT2D eigenvalue weighted by molar-refractivity contribution is -0.0643. The maximum Gasteiger partial charge on any atom is 0.0804 e. The first-order valence-electron chi connectivity index (χ1n) is 16.9. The van der Waals surface area contributed by atoms with Crippen LogP contribution in [-0.2, 0) is 14.2 Å². The molecule has 5 nitrogen and oxygen atoms in total. The number of aliphatic hydroxyl groups is 2. The van der Waals surface area contributed by atoms with E-state index in [4.69, 9.17) is 19.3 Å². The number of hydrogen-bond acceptors (Lipinski definition) is 5. The first-order chi connectivity index (χ1) is 19.2. The summed E-state index contributed by atoms with van der Waals surface area (Å²) in [4.78, 5) is 0. The van der Waals surface area contributed by atoms with Crippen LogP contribution in [0.3, 0.4) is 0 Å². The fourth-order valence-corrected chi connectivity index (χ4v) is 9.89. The van der Waals surface area contributed by atoms with E-state index in [1.165, 1.54) is 57.8 Å². The van der Waals surface area contributed by atoms with Gasteiger partial charge in [0.1, 0.15) is 0 Å². The smallest absolute Gasteiger partial charge is 0.0804 e. The van der Waals surface area contributed by atoms with E-state index in [1.54, 1.807) is 5.57 Å². The summed E-state index contributed by atoms with van der Waals surface area (Å²) in [5.41, 5.74) is 2.52. The van der Waals surface area contributed by atoms with E-state index in [1.807, 2.05) is 0 Å². The zero-order chi connectivity index (χ0) is 28.8. The van der Waals surface area contributed by atoms with Crippen molar-refractivity contribution < 1.29 is 24.4 Å². The minimum Gasteiger partial charge on any atom is -0.394 e. The molecule has 0 aromatic carbocycles. The molecule has 0 aromatic rings. The lowest BCUT2D eigenvalue weighted by Gasteiger charge is -2.59. The molecule has 4 rings (SSSR count). The molecular weight excluding hydrogens is 500 g/mol. The Bertz CT molecular complexity index is 797. The SMILES string of the molecule is CC(C)CCC[C@@H](C)[C@H]1CCC2C3CC=C4CC(C(O)COCCOCCOCCO)CC[C@]4(C)C3CC[C@@]21C. The third kappa shape index (κ3) is 7.36. The second-order valence-electron chi connectivity index (χ2n) is 14.9. The van der Waals surface area contributed by atoms with Gasteiger partial charge in [-0.2, -0.15) is 0 Å². The van der Waals surface area contributed by atoms with Crippen LogP contribution in [0.25, 0.3) is 0 Å². The molecule has 40 heavy (non-hydrogen) atoms. The van der Waals surface area contributed by atoms with Crippen LogP contribution >= 0.6 is 0 Å². The number of fused-ring (bicyclic) bond motifs is 5. The van der Waals surface area contributed by atoms with Gasteiger partial charge in [0.15, 0.2) is 0 Å². The van der Waals surface area contributed by atoms with Gasteiger partial charge in [-0.3, -0.25) is 0 Å². The summed E-state index contributed by atoms with van der Waals surface area (Å²) < 4.78 is 16.5. The number of aliphatic hydroxyl groups excluding tert-OH is 2. The third-order valence-electron chi connectivity index (χ3n) is 12.2. The van der Waals surface area contributed by atoms with Crippen LogP contribution in [0.2, 0.25) is 0 Å². The maximum atomic E-state index is 11.0. The Hall–Kier alpha value is -0.460. The number of rotatable bonds is 16. The van der Waals surface area contributed by atoms with Crippen molar-refractivity contribution in [3.05, 3.63) is 11.6 Å². The Balaban J connectivity index is 1.26. The molecule has 4 aliphatic rings. The van der Waals surface area contributed by atoms with Crippen LogP contribution in [-0.4, -0.2) is 62.6 Å². The Kier molecular flexibility index (Phi) is 12.0. The summed E-state index contributed by atoms with van der Waals surface area (Å²) in [5.74, 6) is 5.51. The van der Waals surface area contributed by atoms with Crippen molar-refractivity contribution in [1.82, 2.24) is 0 Å². The molecule has 9 atom stereocenters. The topological polar surface area (TPSA) is 68.2 Å². The quantitative estimate of drug-likeness (QED) is 0.156. The second kappa shape index (κ2) is 14.8. The largest absolute Gasteiger partial charge is 0.394 e. The molecule has 0 saturated heterocycles. The highest BCUT2D eigenvalue weighted by Gasteiger charge is 2.59. The highest BCUT2D eigenvalue weighted by molar-refractivity contribution is 5.25. The van der Waals surface area contributed by atoms with Gasteiger partial charge in [0.2, 0.25) is 0 Å². The molecule has 0 amide bonds. The monoisotopic (exact) mass is 562 g/mol. The van der Waals surface area contributed by atoms with E-state index >= 15 is 0 Å². The minimum absolute atomic E-state index is 0.0396. The third-order valence-corrected chi connectivity index (χ3v) is 12.2. The molecule has 0 aromatic heterocycles. The van der Waals surface area contributed by atoms with Gasteiger partial charge >= 0.3 is 0 Å². The van der Waals surface area contributed by atoms with E-state index in [0.717, 1.165) is 48.3 Å². The molecule has 0 aliphatic heterocycles. The van der Waals surface area contributed by atoms with E-state index in [2.05, 4.69) is 40.7 Å². The van der Waals surface area contributed by atoms with Crippen molar-refractivity contribution in [1.29, 1.82) is 0 Å². The van der Waals surface area contributed by atoms with Crippen LogP contribution < -0.4 is 0 Å². The van der Waals surface area contributed by atoms with Gasteiger partial charge in [-0.05, 0) is 104 Å². The van der Waals surface area contributed by atoms with Crippen molar-refractivity contribution in [3.8, 4) is 0 Å². The van der Waals surface area contributed by atoms with Crippen LogP contribution in [0.4, 0.5) is 0 Å². The van der Waals surface area contributed by atoms with Gasteiger partial charge in [-0.15, -0.1) is 0 Å². The summed E-state index contributed by atoms with van der Waals surface area (Å²) in [7, 11) is 0. The molecule has 232 valence electrons. The minimum atomic E-state index is -0.404. The van der Waals surface area contributed by atoms with E-state index < -0.39 is 6.10 Å². The summed E-state index contributed by atoms with van der Waals surface area (Å²) >= 11 is 0. The zero-order valence-electron chi connectivity index (χ0n) is 26.5. The van der Waals surface area contributed by atoms with Crippen LogP contribution in [0, 0.1) is 52.3 Å². The summed E-state index contributed by atoms with van der Waals surface area (Å²) in [6.45, 7) is 15.3. The molecule has 0 spiro atoms. The number of ether oxygens (including phenoxy) is 3. The average Bonchev–Trinajstić information content (AvgIpc) is 3.28. The average molecular weight is 563 g/mol. The van der Waals surface area contributed by atoms with Crippen molar-refractivity contribution in [2.45, 2.75) is 111 Å². The van der Waals surface area contributed by atoms with Gasteiger partial charge in [-0.25, -0.2) is 0 Å². The normalized spacial score (nSPS) is 37.0. The molecule has 5 heteroatoms. The molecule has 0 radical (unpaired) electrons. The van der Waals surface area contributed by atoms with Crippen molar-refractivity contribution in [2.75, 3.05) is 46.2 Å². The maximum absolute atomic E-state index is 11.0. The lowest BCUT2D eigenvalue weighted by Crippen LogP contribution is -2.51. The van der Waals surface area contributed by atoms with Gasteiger partial charge in [0, 0.05) is 0 Å². The number of allylic oxidation sites excluding steroid dienone is 2. The summed E-state index contributed by atoms with van der Waals surface area (Å²) in [5, 5.41) is 19.7. The van der Waals surface area contributed by atoms with Crippen molar-refractivity contribution >= 4 is 0 Å². The van der Waals surface area contributed by atoms with Gasteiger partial charge in [0.25, 0.3) is 0 Å². The highest BCUT2D eigenvalue weighted by Crippen LogP contribution is 2.67. The van der Waals surface area contributed by atoms with Crippen molar-refractivity contribution in [2.24, 2.45) is 52.3 Å². The van der Waals surface area contributed by atoms with Crippen molar-refractivity contribution in [3.63, 3.8) is 0 Å². The second-order valence-corrected chi connectivity index (χ2v) is 14.9.